The molecule has 2 aromatic carbocycles. The molecule has 0 heterocycles. The number of rotatable bonds is 4. The van der Waals surface area contributed by atoms with Gasteiger partial charge in [0.05, 0.1) is 7.11 Å². The second-order valence-electron chi connectivity index (χ2n) is 4.15. The van der Waals surface area contributed by atoms with E-state index in [-0.39, 0.29) is 6.04 Å². The average Bonchev–Trinajstić information content (AvgIpc) is 2.39. The Bertz CT molecular complexity index is 510. The molecule has 0 amide bonds. The van der Waals surface area contributed by atoms with Crippen molar-refractivity contribution in [2.75, 3.05) is 12.4 Å². The van der Waals surface area contributed by atoms with Gasteiger partial charge in [0.15, 0.2) is 0 Å². The molecule has 1 N–H and O–H groups in total. The molecule has 0 bridgehead atoms. The maximum atomic E-state index is 5.22. The lowest BCUT2D eigenvalue weighted by Gasteiger charge is -2.16. The first-order valence-electron chi connectivity index (χ1n) is 5.85. The fourth-order valence-corrected chi connectivity index (χ4v) is 2.16. The van der Waals surface area contributed by atoms with Crippen molar-refractivity contribution in [3.8, 4) is 5.75 Å². The molecule has 0 saturated heterocycles. The molecule has 0 saturated carbocycles. The molecule has 18 heavy (non-hydrogen) atoms. The predicted octanol–water partition coefficient (Wildman–Crippen LogP) is 4.47. The number of hydrogen-bond donors (Lipinski definition) is 1. The van der Waals surface area contributed by atoms with Crippen LogP contribution in [0, 0.1) is 3.57 Å². The standard InChI is InChI=1S/C15H16INO/c1-11(12-6-8-13(16)9-7-12)17-14-4-3-5-15(10-14)18-2/h3-11,17H,1-2H3. The van der Waals surface area contributed by atoms with E-state index in [2.05, 4.69) is 59.1 Å². The monoisotopic (exact) mass is 353 g/mol. The third kappa shape index (κ3) is 3.38. The molecule has 1 unspecified atom stereocenters. The minimum atomic E-state index is 0.272. The molecule has 94 valence electrons. The zero-order chi connectivity index (χ0) is 13.0. The number of methoxy groups -OCH3 is 1. The predicted molar refractivity (Wildman–Crippen MR) is 84.2 cm³/mol. The second-order valence-corrected chi connectivity index (χ2v) is 5.40. The quantitative estimate of drug-likeness (QED) is 0.819. The van der Waals surface area contributed by atoms with E-state index in [4.69, 9.17) is 4.74 Å². The summed E-state index contributed by atoms with van der Waals surface area (Å²) < 4.78 is 6.47. The molecule has 2 rings (SSSR count). The summed E-state index contributed by atoms with van der Waals surface area (Å²) in [5.74, 6) is 0.870. The van der Waals surface area contributed by atoms with Gasteiger partial charge >= 0.3 is 0 Å². The largest absolute Gasteiger partial charge is 0.497 e. The molecule has 3 heteroatoms. The van der Waals surface area contributed by atoms with Crippen LogP contribution in [-0.4, -0.2) is 7.11 Å². The Morgan fingerprint density at radius 3 is 2.50 bits per heavy atom. The summed E-state index contributed by atoms with van der Waals surface area (Å²) >= 11 is 2.32. The van der Waals surface area contributed by atoms with Gasteiger partial charge in [0.1, 0.15) is 5.75 Å². The SMILES string of the molecule is COc1cccc(NC(C)c2ccc(I)cc2)c1. The van der Waals surface area contributed by atoms with Crippen LogP contribution in [0.1, 0.15) is 18.5 Å². The highest BCUT2D eigenvalue weighted by Crippen LogP contribution is 2.23. The molecule has 0 aliphatic carbocycles. The Morgan fingerprint density at radius 1 is 1.11 bits per heavy atom. The summed E-state index contributed by atoms with van der Waals surface area (Å²) in [7, 11) is 1.68. The maximum absolute atomic E-state index is 5.22. The Hall–Kier alpha value is -1.23. The first kappa shape index (κ1) is 13.2. The van der Waals surface area contributed by atoms with Gasteiger partial charge in [-0.3, -0.25) is 0 Å². The fourth-order valence-electron chi connectivity index (χ4n) is 1.80. The summed E-state index contributed by atoms with van der Waals surface area (Å²) in [4.78, 5) is 0. The number of nitrogens with one attached hydrogen (secondary N) is 1. The minimum absolute atomic E-state index is 0.272. The van der Waals surface area contributed by atoms with E-state index in [1.165, 1.54) is 9.13 Å². The van der Waals surface area contributed by atoms with E-state index in [1.54, 1.807) is 7.11 Å². The van der Waals surface area contributed by atoms with Crippen molar-refractivity contribution < 1.29 is 4.74 Å². The number of hydrogen-bond acceptors (Lipinski definition) is 2. The zero-order valence-corrected chi connectivity index (χ0v) is 12.6. The highest BCUT2D eigenvalue weighted by molar-refractivity contribution is 14.1. The smallest absolute Gasteiger partial charge is 0.120 e. The Kier molecular flexibility index (Phi) is 4.47. The molecule has 0 radical (unpaired) electrons. The molecule has 0 aromatic heterocycles. The van der Waals surface area contributed by atoms with Crippen molar-refractivity contribution in [2.45, 2.75) is 13.0 Å². The van der Waals surface area contributed by atoms with Gasteiger partial charge in [-0.15, -0.1) is 0 Å². The number of ether oxygens (including phenoxy) is 1. The summed E-state index contributed by atoms with van der Waals surface area (Å²) in [5, 5.41) is 3.47. The van der Waals surface area contributed by atoms with Gasteiger partial charge < -0.3 is 10.1 Å². The van der Waals surface area contributed by atoms with Crippen LogP contribution < -0.4 is 10.1 Å². The Labute approximate surface area is 122 Å². The molecule has 0 aliphatic rings. The van der Waals surface area contributed by atoms with Gasteiger partial charge in [-0.2, -0.15) is 0 Å². The van der Waals surface area contributed by atoms with Gasteiger partial charge in [0.2, 0.25) is 0 Å². The maximum Gasteiger partial charge on any atom is 0.120 e. The third-order valence-electron chi connectivity index (χ3n) is 2.82. The summed E-state index contributed by atoms with van der Waals surface area (Å²) in [6, 6.07) is 16.8. The molecule has 1 atom stereocenters. The van der Waals surface area contributed by atoms with Crippen molar-refractivity contribution in [2.24, 2.45) is 0 Å². The van der Waals surface area contributed by atoms with Crippen LogP contribution in [0.5, 0.6) is 5.75 Å². The lowest BCUT2D eigenvalue weighted by atomic mass is 10.1. The van der Waals surface area contributed by atoms with Crippen LogP contribution in [0.25, 0.3) is 0 Å². The van der Waals surface area contributed by atoms with Crippen molar-refractivity contribution in [1.29, 1.82) is 0 Å². The van der Waals surface area contributed by atoms with Crippen molar-refractivity contribution in [3.63, 3.8) is 0 Å². The zero-order valence-electron chi connectivity index (χ0n) is 10.5. The second kappa shape index (κ2) is 6.09. The first-order chi connectivity index (χ1) is 8.69. The fraction of sp³-hybridized carbons (Fsp3) is 0.200. The molecule has 2 nitrogen and oxygen atoms in total. The van der Waals surface area contributed by atoms with Crippen LogP contribution in [0.2, 0.25) is 0 Å². The summed E-state index contributed by atoms with van der Waals surface area (Å²) in [5.41, 5.74) is 2.35. The number of anilines is 1. The molecule has 0 spiro atoms. The lowest BCUT2D eigenvalue weighted by Crippen LogP contribution is -2.06. The third-order valence-corrected chi connectivity index (χ3v) is 3.54. The highest BCUT2D eigenvalue weighted by Gasteiger charge is 2.05. The lowest BCUT2D eigenvalue weighted by molar-refractivity contribution is 0.415. The number of benzene rings is 2. The molecule has 0 fully saturated rings. The minimum Gasteiger partial charge on any atom is -0.497 e. The van der Waals surface area contributed by atoms with Crippen LogP contribution in [0.3, 0.4) is 0 Å². The van der Waals surface area contributed by atoms with Crippen LogP contribution in [-0.2, 0) is 0 Å². The van der Waals surface area contributed by atoms with Gasteiger partial charge in [-0.25, -0.2) is 0 Å². The van der Waals surface area contributed by atoms with E-state index in [9.17, 15) is 0 Å². The molecular formula is C15H16INO. The van der Waals surface area contributed by atoms with Crippen molar-refractivity contribution >= 4 is 28.3 Å². The molecular weight excluding hydrogens is 337 g/mol. The van der Waals surface area contributed by atoms with Crippen molar-refractivity contribution in [1.82, 2.24) is 0 Å². The van der Waals surface area contributed by atoms with E-state index in [1.807, 2.05) is 24.3 Å². The number of halogens is 1. The van der Waals surface area contributed by atoms with E-state index >= 15 is 0 Å². The first-order valence-corrected chi connectivity index (χ1v) is 6.93. The Balaban J connectivity index is 2.10. The van der Waals surface area contributed by atoms with Crippen LogP contribution in [0.15, 0.2) is 48.5 Å². The molecule has 2 aromatic rings. The van der Waals surface area contributed by atoms with Crippen molar-refractivity contribution in [3.05, 3.63) is 57.7 Å². The summed E-state index contributed by atoms with van der Waals surface area (Å²) in [6.07, 6.45) is 0. The Morgan fingerprint density at radius 2 is 1.83 bits per heavy atom. The van der Waals surface area contributed by atoms with E-state index in [0.717, 1.165) is 11.4 Å². The van der Waals surface area contributed by atoms with Crippen LogP contribution in [0.4, 0.5) is 5.69 Å². The topological polar surface area (TPSA) is 21.3 Å². The van der Waals surface area contributed by atoms with Gasteiger partial charge in [0, 0.05) is 21.4 Å². The van der Waals surface area contributed by atoms with Gasteiger partial charge in [-0.1, -0.05) is 18.2 Å². The molecule has 0 aliphatic heterocycles. The van der Waals surface area contributed by atoms with Gasteiger partial charge in [0.25, 0.3) is 0 Å². The van der Waals surface area contributed by atoms with Gasteiger partial charge in [-0.05, 0) is 59.3 Å². The average molecular weight is 353 g/mol. The van der Waals surface area contributed by atoms with Crippen LogP contribution >= 0.6 is 22.6 Å². The summed E-state index contributed by atoms with van der Waals surface area (Å²) in [6.45, 7) is 2.15. The normalized spacial score (nSPS) is 11.9. The highest BCUT2D eigenvalue weighted by atomic mass is 127. The van der Waals surface area contributed by atoms with E-state index < -0.39 is 0 Å². The van der Waals surface area contributed by atoms with E-state index in [0.29, 0.717) is 0 Å².